The minimum absolute atomic E-state index is 1.53. The molecule has 0 saturated heterocycles. The van der Waals surface area contributed by atoms with Crippen molar-refractivity contribution in [3.63, 3.8) is 0 Å². The molecule has 0 unspecified atom stereocenters. The monoisotopic (exact) mass is 176 g/mol. The van der Waals surface area contributed by atoms with Crippen molar-refractivity contribution in [2.45, 2.75) is 3.79 Å². The van der Waals surface area contributed by atoms with Gasteiger partial charge in [0.15, 0.2) is 0 Å². The maximum atomic E-state index is 5.11. The Morgan fingerprint density at radius 2 is 1.57 bits per heavy atom. The molecule has 40 valence electrons. The minimum atomic E-state index is -1.53. The van der Waals surface area contributed by atoms with E-state index in [0.29, 0.717) is 0 Å². The Kier molecular flexibility index (Phi) is 3.19. The van der Waals surface area contributed by atoms with Gasteiger partial charge in [-0.15, -0.1) is 0 Å². The highest BCUT2D eigenvalue weighted by atomic mass is 35.6. The summed E-state index contributed by atoms with van der Waals surface area (Å²) in [5.74, 6) is 2.10. The zero-order valence-electron chi connectivity index (χ0n) is 3.01. The summed E-state index contributed by atoms with van der Waals surface area (Å²) in [4.78, 5) is 0. The first-order chi connectivity index (χ1) is 3.06. The molecule has 0 bridgehead atoms. The van der Waals surface area contributed by atoms with Gasteiger partial charge in [-0.1, -0.05) is 34.8 Å². The molecule has 0 radical (unpaired) electrons. The molecular weight excluding hydrogens is 178 g/mol. The summed E-state index contributed by atoms with van der Waals surface area (Å²) in [5.41, 5.74) is 0. The minimum Gasteiger partial charge on any atom is -0.0696 e. The summed E-state index contributed by atoms with van der Waals surface area (Å²) in [6.07, 6.45) is 0. The van der Waals surface area contributed by atoms with E-state index in [1.54, 1.807) is 0 Å². The van der Waals surface area contributed by atoms with Gasteiger partial charge in [0.2, 0.25) is 0 Å². The van der Waals surface area contributed by atoms with E-state index in [1.165, 1.54) is 0 Å². The fourth-order valence-electron chi connectivity index (χ4n) is 0.0536. The van der Waals surface area contributed by atoms with Crippen LogP contribution in [-0.2, 0) is 0 Å². The molecule has 0 spiro atoms. The van der Waals surface area contributed by atoms with Gasteiger partial charge in [-0.2, -0.15) is 0 Å². The second kappa shape index (κ2) is 2.89. The number of halogens is 4. The molecule has 0 aromatic carbocycles. The van der Waals surface area contributed by atoms with Crippen molar-refractivity contribution in [1.82, 2.24) is 0 Å². The topological polar surface area (TPSA) is 0 Å². The zero-order valence-corrected chi connectivity index (χ0v) is 6.04. The molecular formula is C3Cl4. The van der Waals surface area contributed by atoms with Crippen molar-refractivity contribution in [2.24, 2.45) is 0 Å². The van der Waals surface area contributed by atoms with Gasteiger partial charge in [-0.05, 0) is 17.5 Å². The lowest BCUT2D eigenvalue weighted by molar-refractivity contribution is 1.57. The SMILES string of the molecule is ClC#CC(Cl)(Cl)Cl. The van der Waals surface area contributed by atoms with E-state index in [1.807, 2.05) is 5.38 Å². The zero-order chi connectivity index (χ0) is 5.91. The third-order valence-corrected chi connectivity index (χ3v) is 0.567. The van der Waals surface area contributed by atoms with Crippen LogP contribution in [0.5, 0.6) is 0 Å². The van der Waals surface area contributed by atoms with E-state index in [9.17, 15) is 0 Å². The summed E-state index contributed by atoms with van der Waals surface area (Å²) in [6.45, 7) is 0. The van der Waals surface area contributed by atoms with E-state index in [0.717, 1.165) is 0 Å². The quantitative estimate of drug-likeness (QED) is 0.394. The molecule has 0 aromatic rings. The Bertz CT molecular complexity index is 100. The number of rotatable bonds is 0. The van der Waals surface area contributed by atoms with Crippen LogP contribution in [0.25, 0.3) is 0 Å². The van der Waals surface area contributed by atoms with Crippen molar-refractivity contribution in [1.29, 1.82) is 0 Å². The highest BCUT2D eigenvalue weighted by molar-refractivity contribution is 6.69. The predicted molar refractivity (Wildman–Crippen MR) is 33.9 cm³/mol. The van der Waals surface area contributed by atoms with Crippen LogP contribution in [0.3, 0.4) is 0 Å². The average Bonchev–Trinajstić information content (AvgIpc) is 1.30. The maximum Gasteiger partial charge on any atom is 0.253 e. The van der Waals surface area contributed by atoms with Gasteiger partial charge < -0.3 is 0 Å². The molecule has 0 rings (SSSR count). The standard InChI is InChI=1S/C3Cl4/c4-2-1-3(5,6)7. The Morgan fingerprint density at radius 3 is 1.57 bits per heavy atom. The van der Waals surface area contributed by atoms with Crippen LogP contribution in [0.1, 0.15) is 0 Å². The fraction of sp³-hybridized carbons (Fsp3) is 0.333. The van der Waals surface area contributed by atoms with Gasteiger partial charge in [0, 0.05) is 5.38 Å². The van der Waals surface area contributed by atoms with Crippen LogP contribution in [0.2, 0.25) is 0 Å². The first kappa shape index (κ1) is 7.72. The fourth-order valence-corrected chi connectivity index (χ4v) is 0.482. The summed E-state index contributed by atoms with van der Waals surface area (Å²) in [5, 5.41) is 1.93. The lowest BCUT2D eigenvalue weighted by Gasteiger charge is -1.94. The van der Waals surface area contributed by atoms with Crippen LogP contribution in [-0.4, -0.2) is 3.79 Å². The maximum absolute atomic E-state index is 5.11. The van der Waals surface area contributed by atoms with Gasteiger partial charge in [0.1, 0.15) is 0 Å². The highest BCUT2D eigenvalue weighted by Crippen LogP contribution is 2.24. The Morgan fingerprint density at radius 1 is 1.14 bits per heavy atom. The molecule has 0 amide bonds. The third-order valence-electron chi connectivity index (χ3n) is 0.189. The first-order valence-electron chi connectivity index (χ1n) is 1.26. The molecule has 0 saturated carbocycles. The normalized spacial score (nSPS) is 9.71. The van der Waals surface area contributed by atoms with Crippen molar-refractivity contribution >= 4 is 46.4 Å². The van der Waals surface area contributed by atoms with Crippen LogP contribution < -0.4 is 0 Å². The molecule has 0 fully saturated rings. The molecule has 0 N–H and O–H groups in total. The molecule has 0 heterocycles. The van der Waals surface area contributed by atoms with Gasteiger partial charge >= 0.3 is 0 Å². The Balaban J connectivity index is 3.72. The second-order valence-corrected chi connectivity index (χ2v) is 3.19. The van der Waals surface area contributed by atoms with Gasteiger partial charge in [-0.25, -0.2) is 0 Å². The smallest absolute Gasteiger partial charge is 0.0696 e. The van der Waals surface area contributed by atoms with Crippen molar-refractivity contribution in [3.8, 4) is 11.3 Å². The van der Waals surface area contributed by atoms with Crippen molar-refractivity contribution in [2.75, 3.05) is 0 Å². The van der Waals surface area contributed by atoms with E-state index in [-0.39, 0.29) is 0 Å². The van der Waals surface area contributed by atoms with Crippen molar-refractivity contribution in [3.05, 3.63) is 0 Å². The van der Waals surface area contributed by atoms with E-state index in [4.69, 9.17) is 46.4 Å². The predicted octanol–water partition coefficient (Wildman–Crippen LogP) is 2.56. The molecule has 0 aliphatic carbocycles. The van der Waals surface area contributed by atoms with E-state index < -0.39 is 3.79 Å². The lowest BCUT2D eigenvalue weighted by atomic mass is 10.8. The second-order valence-electron chi connectivity index (χ2n) is 0.717. The molecule has 0 aliphatic rings. The average molecular weight is 178 g/mol. The molecule has 4 heteroatoms. The van der Waals surface area contributed by atoms with Crippen LogP contribution in [0.4, 0.5) is 0 Å². The lowest BCUT2D eigenvalue weighted by Crippen LogP contribution is -1.93. The summed E-state index contributed by atoms with van der Waals surface area (Å²) >= 11 is 20.2. The first-order valence-corrected chi connectivity index (χ1v) is 2.77. The van der Waals surface area contributed by atoms with Gasteiger partial charge in [-0.3, -0.25) is 0 Å². The molecule has 0 aromatic heterocycles. The summed E-state index contributed by atoms with van der Waals surface area (Å²) < 4.78 is -1.53. The largest absolute Gasteiger partial charge is 0.253 e. The molecule has 7 heavy (non-hydrogen) atoms. The Labute approximate surface area is 61.7 Å². The third kappa shape index (κ3) is 6.72. The van der Waals surface area contributed by atoms with E-state index in [2.05, 4.69) is 5.92 Å². The highest BCUT2D eigenvalue weighted by Gasteiger charge is 2.13. The summed E-state index contributed by atoms with van der Waals surface area (Å²) in [6, 6.07) is 0. The number of alkyl halides is 3. The molecule has 0 atom stereocenters. The van der Waals surface area contributed by atoms with Gasteiger partial charge in [0.05, 0.1) is 0 Å². The van der Waals surface area contributed by atoms with Crippen molar-refractivity contribution < 1.29 is 0 Å². The Hall–Kier alpha value is 0.720. The van der Waals surface area contributed by atoms with Crippen LogP contribution in [0.15, 0.2) is 0 Å². The number of hydrogen-bond acceptors (Lipinski definition) is 0. The molecule has 0 aliphatic heterocycles. The molecule has 0 nitrogen and oxygen atoms in total. The van der Waals surface area contributed by atoms with Crippen LogP contribution >= 0.6 is 46.4 Å². The number of hydrogen-bond donors (Lipinski definition) is 0. The summed E-state index contributed by atoms with van der Waals surface area (Å²) in [7, 11) is 0. The van der Waals surface area contributed by atoms with E-state index >= 15 is 0 Å². The van der Waals surface area contributed by atoms with Gasteiger partial charge in [0.25, 0.3) is 3.79 Å². The van der Waals surface area contributed by atoms with Crippen LogP contribution in [0, 0.1) is 11.3 Å².